The molecule has 0 aliphatic heterocycles. The van der Waals surface area contributed by atoms with Crippen LogP contribution in [0.3, 0.4) is 0 Å². The first-order chi connectivity index (χ1) is 7.06. The van der Waals surface area contributed by atoms with Crippen molar-refractivity contribution < 1.29 is 14.7 Å². The number of carbonyl (C=O) groups is 2. The van der Waals surface area contributed by atoms with Crippen LogP contribution >= 0.6 is 0 Å². The third-order valence-corrected chi connectivity index (χ3v) is 2.24. The highest BCUT2D eigenvalue weighted by Crippen LogP contribution is 2.07. The van der Waals surface area contributed by atoms with Gasteiger partial charge in [-0.2, -0.15) is 0 Å². The number of carbonyl (C=O) groups excluding carboxylic acids is 1. The maximum absolute atomic E-state index is 11.6. The monoisotopic (exact) mass is 207 g/mol. The number of Topliss-reactive ketones (excluding diaryl/α,β-unsaturated/α-hetero) is 1. The molecule has 2 N–H and O–H groups in total. The van der Waals surface area contributed by atoms with Crippen LogP contribution in [0.25, 0.3) is 0 Å². The molecule has 0 saturated heterocycles. The largest absolute Gasteiger partial charge is 0.478 e. The van der Waals surface area contributed by atoms with Gasteiger partial charge >= 0.3 is 5.97 Å². The van der Waals surface area contributed by atoms with Gasteiger partial charge in [-0.3, -0.25) is 4.79 Å². The van der Waals surface area contributed by atoms with Crippen molar-refractivity contribution in [3.8, 4) is 0 Å². The second-order valence-corrected chi connectivity index (χ2v) is 3.26. The second kappa shape index (κ2) is 4.70. The van der Waals surface area contributed by atoms with E-state index in [4.69, 9.17) is 5.11 Å². The summed E-state index contributed by atoms with van der Waals surface area (Å²) in [5.41, 5.74) is 0.700. The molecule has 0 aliphatic rings. The van der Waals surface area contributed by atoms with Gasteiger partial charge in [0.15, 0.2) is 5.78 Å². The van der Waals surface area contributed by atoms with Crippen LogP contribution in [-0.4, -0.2) is 29.9 Å². The van der Waals surface area contributed by atoms with Crippen LogP contribution in [0.15, 0.2) is 24.3 Å². The summed E-state index contributed by atoms with van der Waals surface area (Å²) in [7, 11) is 1.70. The predicted molar refractivity (Wildman–Crippen MR) is 56.3 cm³/mol. The van der Waals surface area contributed by atoms with Gasteiger partial charge in [0.2, 0.25) is 0 Å². The Kier molecular flexibility index (Phi) is 3.57. The quantitative estimate of drug-likeness (QED) is 0.727. The summed E-state index contributed by atoms with van der Waals surface area (Å²) in [5.74, 6) is -1.04. The second-order valence-electron chi connectivity index (χ2n) is 3.26. The van der Waals surface area contributed by atoms with Gasteiger partial charge < -0.3 is 10.4 Å². The number of hydrogen-bond acceptors (Lipinski definition) is 3. The fraction of sp³-hybridized carbons (Fsp3) is 0.273. The van der Waals surface area contributed by atoms with Gasteiger partial charge in [0.1, 0.15) is 0 Å². The van der Waals surface area contributed by atoms with Gasteiger partial charge in [0, 0.05) is 5.56 Å². The van der Waals surface area contributed by atoms with Gasteiger partial charge in [0.25, 0.3) is 0 Å². The Morgan fingerprint density at radius 3 is 2.07 bits per heavy atom. The lowest BCUT2D eigenvalue weighted by molar-refractivity contribution is 0.0696. The Morgan fingerprint density at radius 2 is 1.67 bits per heavy atom. The van der Waals surface area contributed by atoms with Crippen molar-refractivity contribution in [1.29, 1.82) is 0 Å². The lowest BCUT2D eigenvalue weighted by Gasteiger charge is -2.08. The number of carboxylic acids is 1. The van der Waals surface area contributed by atoms with E-state index in [1.807, 2.05) is 0 Å². The molecule has 0 heterocycles. The zero-order chi connectivity index (χ0) is 11.4. The highest BCUT2D eigenvalue weighted by Gasteiger charge is 2.13. The van der Waals surface area contributed by atoms with Crippen LogP contribution in [0.2, 0.25) is 0 Å². The molecule has 4 nitrogen and oxygen atoms in total. The molecule has 0 fully saturated rings. The van der Waals surface area contributed by atoms with Crippen LogP contribution < -0.4 is 5.32 Å². The average molecular weight is 207 g/mol. The summed E-state index contributed by atoms with van der Waals surface area (Å²) in [6.45, 7) is 1.76. The van der Waals surface area contributed by atoms with Crippen molar-refractivity contribution >= 4 is 11.8 Å². The Hall–Kier alpha value is -1.68. The van der Waals surface area contributed by atoms with Gasteiger partial charge in [-0.15, -0.1) is 0 Å². The molecular weight excluding hydrogens is 194 g/mol. The van der Waals surface area contributed by atoms with E-state index < -0.39 is 5.97 Å². The molecule has 1 atom stereocenters. The number of benzene rings is 1. The molecule has 0 saturated carbocycles. The molecule has 1 unspecified atom stereocenters. The molecule has 0 bridgehead atoms. The Bertz CT molecular complexity index is 370. The number of nitrogens with one attached hydrogen (secondary N) is 1. The summed E-state index contributed by atoms with van der Waals surface area (Å²) in [6.07, 6.45) is 0. The number of hydrogen-bond donors (Lipinski definition) is 2. The summed E-state index contributed by atoms with van der Waals surface area (Å²) >= 11 is 0. The van der Waals surface area contributed by atoms with Crippen molar-refractivity contribution in [1.82, 2.24) is 5.32 Å². The number of likely N-dealkylation sites (N-methyl/N-ethyl adjacent to an activating group) is 1. The van der Waals surface area contributed by atoms with Crippen molar-refractivity contribution in [2.24, 2.45) is 0 Å². The van der Waals surface area contributed by atoms with Gasteiger partial charge in [0.05, 0.1) is 11.6 Å². The third kappa shape index (κ3) is 2.63. The van der Waals surface area contributed by atoms with E-state index in [0.29, 0.717) is 5.56 Å². The smallest absolute Gasteiger partial charge is 0.335 e. The molecule has 1 aromatic carbocycles. The van der Waals surface area contributed by atoms with Crippen LogP contribution in [-0.2, 0) is 0 Å². The highest BCUT2D eigenvalue weighted by atomic mass is 16.4. The summed E-state index contributed by atoms with van der Waals surface area (Å²) in [5, 5.41) is 11.5. The standard InChI is InChI=1S/C11H13NO3/c1-7(12-2)10(13)8-3-5-9(6-4-8)11(14)15/h3-7,12H,1-2H3,(H,14,15). The first-order valence-corrected chi connectivity index (χ1v) is 4.61. The van der Waals surface area contributed by atoms with Crippen molar-refractivity contribution in [2.45, 2.75) is 13.0 Å². The molecule has 4 heteroatoms. The van der Waals surface area contributed by atoms with E-state index in [1.54, 1.807) is 14.0 Å². The van der Waals surface area contributed by atoms with Crippen molar-refractivity contribution in [2.75, 3.05) is 7.05 Å². The number of carboxylic acid groups (broad SMARTS) is 1. The lowest BCUT2D eigenvalue weighted by Crippen LogP contribution is -2.30. The third-order valence-electron chi connectivity index (χ3n) is 2.24. The van der Waals surface area contributed by atoms with E-state index in [0.717, 1.165) is 0 Å². The Morgan fingerprint density at radius 1 is 1.20 bits per heavy atom. The number of ketones is 1. The summed E-state index contributed by atoms with van der Waals surface area (Å²) in [4.78, 5) is 22.2. The van der Waals surface area contributed by atoms with Crippen molar-refractivity contribution in [3.63, 3.8) is 0 Å². The molecule has 15 heavy (non-hydrogen) atoms. The molecule has 0 aliphatic carbocycles. The molecule has 0 aromatic heterocycles. The predicted octanol–water partition coefficient (Wildman–Crippen LogP) is 1.18. The minimum absolute atomic E-state index is 0.0468. The Labute approximate surface area is 87.9 Å². The molecule has 1 aromatic rings. The van der Waals surface area contributed by atoms with E-state index in [1.165, 1.54) is 24.3 Å². The minimum Gasteiger partial charge on any atom is -0.478 e. The number of rotatable bonds is 4. The number of aromatic carboxylic acids is 1. The van der Waals surface area contributed by atoms with E-state index in [-0.39, 0.29) is 17.4 Å². The molecular formula is C11H13NO3. The highest BCUT2D eigenvalue weighted by molar-refractivity contribution is 6.00. The lowest BCUT2D eigenvalue weighted by atomic mass is 10.0. The summed E-state index contributed by atoms with van der Waals surface area (Å²) < 4.78 is 0. The molecule has 80 valence electrons. The van der Waals surface area contributed by atoms with Gasteiger partial charge in [-0.25, -0.2) is 4.79 Å². The normalized spacial score (nSPS) is 12.1. The van der Waals surface area contributed by atoms with E-state index in [2.05, 4.69) is 5.32 Å². The van der Waals surface area contributed by atoms with Crippen LogP contribution in [0.1, 0.15) is 27.6 Å². The maximum atomic E-state index is 11.6. The van der Waals surface area contributed by atoms with E-state index in [9.17, 15) is 9.59 Å². The maximum Gasteiger partial charge on any atom is 0.335 e. The Balaban J connectivity index is 2.89. The fourth-order valence-electron chi connectivity index (χ4n) is 1.16. The molecule has 1 rings (SSSR count). The molecule has 0 amide bonds. The first kappa shape index (κ1) is 11.4. The van der Waals surface area contributed by atoms with Gasteiger partial charge in [-0.05, 0) is 26.1 Å². The van der Waals surface area contributed by atoms with Gasteiger partial charge in [-0.1, -0.05) is 12.1 Å². The average Bonchev–Trinajstić information content (AvgIpc) is 2.27. The van der Waals surface area contributed by atoms with Crippen LogP contribution in [0, 0.1) is 0 Å². The van der Waals surface area contributed by atoms with Crippen LogP contribution in [0.4, 0.5) is 0 Å². The molecule has 0 radical (unpaired) electrons. The van der Waals surface area contributed by atoms with Crippen LogP contribution in [0.5, 0.6) is 0 Å². The topological polar surface area (TPSA) is 66.4 Å². The zero-order valence-corrected chi connectivity index (χ0v) is 8.65. The zero-order valence-electron chi connectivity index (χ0n) is 8.65. The summed E-state index contributed by atoms with van der Waals surface area (Å²) in [6, 6.07) is 5.65. The molecule has 0 spiro atoms. The van der Waals surface area contributed by atoms with E-state index >= 15 is 0 Å². The van der Waals surface area contributed by atoms with Crippen molar-refractivity contribution in [3.05, 3.63) is 35.4 Å². The first-order valence-electron chi connectivity index (χ1n) is 4.61. The fourth-order valence-corrected chi connectivity index (χ4v) is 1.16. The SMILES string of the molecule is CNC(C)C(=O)c1ccc(C(=O)O)cc1. The minimum atomic E-state index is -0.990.